The fraction of sp³-hybridized carbons (Fsp3) is 0.300. The highest BCUT2D eigenvalue weighted by atomic mass is 35.5. The Morgan fingerprint density at radius 1 is 1.42 bits per heavy atom. The zero-order chi connectivity index (χ0) is 9.14. The minimum absolute atomic E-state index is 0.173. The SMILES string of the molecule is [CH2]c1cc(Cl)ccc1OC(C)C. The van der Waals surface area contributed by atoms with Crippen LogP contribution in [0.4, 0.5) is 0 Å². The lowest BCUT2D eigenvalue weighted by molar-refractivity contribution is 0.241. The molecule has 0 bridgehead atoms. The van der Waals surface area contributed by atoms with Crippen molar-refractivity contribution in [2.45, 2.75) is 20.0 Å². The molecule has 0 N–H and O–H groups in total. The van der Waals surface area contributed by atoms with E-state index in [1.54, 1.807) is 12.1 Å². The molecule has 65 valence electrons. The summed E-state index contributed by atoms with van der Waals surface area (Å²) in [7, 11) is 0. The van der Waals surface area contributed by atoms with Gasteiger partial charge in [0, 0.05) is 5.02 Å². The van der Waals surface area contributed by atoms with Crippen molar-refractivity contribution in [3.05, 3.63) is 35.7 Å². The maximum Gasteiger partial charge on any atom is 0.122 e. The Labute approximate surface area is 78.3 Å². The fourth-order valence-corrected chi connectivity index (χ4v) is 1.11. The Morgan fingerprint density at radius 3 is 2.58 bits per heavy atom. The minimum atomic E-state index is 0.173. The highest BCUT2D eigenvalue weighted by Gasteiger charge is 2.01. The molecular formula is C10H12ClO. The standard InChI is InChI=1S/C10H12ClO/c1-7(2)12-10-5-4-9(11)6-8(10)3/h4-7H,3H2,1-2H3. The van der Waals surface area contributed by atoms with Crippen LogP contribution in [-0.2, 0) is 0 Å². The van der Waals surface area contributed by atoms with E-state index in [-0.39, 0.29) is 6.10 Å². The van der Waals surface area contributed by atoms with Gasteiger partial charge >= 0.3 is 0 Å². The van der Waals surface area contributed by atoms with E-state index in [1.807, 2.05) is 19.9 Å². The van der Waals surface area contributed by atoms with E-state index in [0.29, 0.717) is 5.02 Å². The van der Waals surface area contributed by atoms with Gasteiger partial charge in [-0.15, -0.1) is 0 Å². The summed E-state index contributed by atoms with van der Waals surface area (Å²) < 4.78 is 5.48. The lowest BCUT2D eigenvalue weighted by Gasteiger charge is -2.11. The third-order valence-electron chi connectivity index (χ3n) is 1.39. The highest BCUT2D eigenvalue weighted by molar-refractivity contribution is 6.30. The zero-order valence-electron chi connectivity index (χ0n) is 7.30. The molecule has 1 radical (unpaired) electrons. The Kier molecular flexibility index (Phi) is 2.99. The van der Waals surface area contributed by atoms with Crippen LogP contribution in [0.2, 0.25) is 5.02 Å². The lowest BCUT2D eigenvalue weighted by atomic mass is 10.2. The summed E-state index contributed by atoms with van der Waals surface area (Å²) in [6.45, 7) is 7.79. The van der Waals surface area contributed by atoms with E-state index >= 15 is 0 Å². The van der Waals surface area contributed by atoms with Crippen molar-refractivity contribution in [1.29, 1.82) is 0 Å². The van der Waals surface area contributed by atoms with Gasteiger partial charge in [0.15, 0.2) is 0 Å². The maximum absolute atomic E-state index is 5.76. The van der Waals surface area contributed by atoms with Gasteiger partial charge < -0.3 is 4.74 Å². The van der Waals surface area contributed by atoms with Crippen molar-refractivity contribution in [1.82, 2.24) is 0 Å². The summed E-state index contributed by atoms with van der Waals surface area (Å²) in [6.07, 6.45) is 0.173. The van der Waals surface area contributed by atoms with Gasteiger partial charge in [-0.05, 0) is 44.5 Å². The van der Waals surface area contributed by atoms with Crippen LogP contribution in [0.1, 0.15) is 19.4 Å². The number of benzene rings is 1. The second-order valence-electron chi connectivity index (χ2n) is 2.92. The maximum atomic E-state index is 5.76. The molecule has 0 aromatic heterocycles. The molecule has 0 saturated carbocycles. The van der Waals surface area contributed by atoms with Crippen molar-refractivity contribution < 1.29 is 4.74 Å². The van der Waals surface area contributed by atoms with Gasteiger partial charge in [0.2, 0.25) is 0 Å². The van der Waals surface area contributed by atoms with Crippen LogP contribution in [0, 0.1) is 6.92 Å². The molecule has 1 aromatic carbocycles. The van der Waals surface area contributed by atoms with Crippen molar-refractivity contribution >= 4 is 11.6 Å². The quantitative estimate of drug-likeness (QED) is 0.684. The molecule has 0 aliphatic heterocycles. The first-order chi connectivity index (χ1) is 5.59. The number of hydrogen-bond donors (Lipinski definition) is 0. The molecule has 0 saturated heterocycles. The Bertz CT molecular complexity index is 269. The van der Waals surface area contributed by atoms with Crippen LogP contribution >= 0.6 is 11.6 Å². The molecule has 0 spiro atoms. The average molecular weight is 184 g/mol. The molecule has 0 aliphatic rings. The fourth-order valence-electron chi connectivity index (χ4n) is 0.917. The largest absolute Gasteiger partial charge is 0.491 e. The minimum Gasteiger partial charge on any atom is -0.491 e. The Balaban J connectivity index is 2.86. The second-order valence-corrected chi connectivity index (χ2v) is 3.36. The molecule has 1 aromatic rings. The van der Waals surface area contributed by atoms with Crippen molar-refractivity contribution in [3.63, 3.8) is 0 Å². The number of ether oxygens (including phenoxy) is 1. The second kappa shape index (κ2) is 3.81. The predicted molar refractivity (Wildman–Crippen MR) is 51.7 cm³/mol. The Hall–Kier alpha value is -0.690. The molecule has 0 aliphatic carbocycles. The van der Waals surface area contributed by atoms with Crippen molar-refractivity contribution in [3.8, 4) is 5.75 Å². The van der Waals surface area contributed by atoms with E-state index in [2.05, 4.69) is 6.92 Å². The summed E-state index contributed by atoms with van der Waals surface area (Å²) in [5.74, 6) is 0.800. The molecule has 0 atom stereocenters. The first-order valence-corrected chi connectivity index (χ1v) is 4.25. The molecule has 1 nitrogen and oxygen atoms in total. The van der Waals surface area contributed by atoms with Gasteiger partial charge in [-0.1, -0.05) is 11.6 Å². The van der Waals surface area contributed by atoms with Gasteiger partial charge in [0.1, 0.15) is 5.75 Å². The Morgan fingerprint density at radius 2 is 2.08 bits per heavy atom. The topological polar surface area (TPSA) is 9.23 Å². The van der Waals surface area contributed by atoms with Gasteiger partial charge in [-0.3, -0.25) is 0 Å². The molecular weight excluding hydrogens is 172 g/mol. The smallest absolute Gasteiger partial charge is 0.122 e. The van der Waals surface area contributed by atoms with Gasteiger partial charge in [-0.25, -0.2) is 0 Å². The van der Waals surface area contributed by atoms with Crippen LogP contribution < -0.4 is 4.74 Å². The summed E-state index contributed by atoms with van der Waals surface area (Å²) in [4.78, 5) is 0. The third kappa shape index (κ3) is 2.42. The average Bonchev–Trinajstić information content (AvgIpc) is 1.94. The van der Waals surface area contributed by atoms with Gasteiger partial charge in [0.25, 0.3) is 0 Å². The lowest BCUT2D eigenvalue weighted by Crippen LogP contribution is -2.06. The van der Waals surface area contributed by atoms with E-state index < -0.39 is 0 Å². The zero-order valence-corrected chi connectivity index (χ0v) is 8.06. The highest BCUT2D eigenvalue weighted by Crippen LogP contribution is 2.22. The molecule has 2 heteroatoms. The molecule has 0 unspecified atom stereocenters. The number of rotatable bonds is 2. The molecule has 1 rings (SSSR count). The van der Waals surface area contributed by atoms with E-state index in [9.17, 15) is 0 Å². The van der Waals surface area contributed by atoms with E-state index in [4.69, 9.17) is 16.3 Å². The summed E-state index contributed by atoms with van der Waals surface area (Å²) in [6, 6.07) is 5.43. The first kappa shape index (κ1) is 9.40. The predicted octanol–water partition coefficient (Wildman–Crippen LogP) is 3.31. The van der Waals surface area contributed by atoms with Crippen LogP contribution in [0.25, 0.3) is 0 Å². The summed E-state index contributed by atoms with van der Waals surface area (Å²) in [5.41, 5.74) is 0.830. The molecule has 0 amide bonds. The first-order valence-electron chi connectivity index (χ1n) is 3.88. The van der Waals surface area contributed by atoms with Crippen molar-refractivity contribution in [2.75, 3.05) is 0 Å². The van der Waals surface area contributed by atoms with Crippen LogP contribution in [0.5, 0.6) is 5.75 Å². The van der Waals surface area contributed by atoms with Gasteiger partial charge in [0.05, 0.1) is 6.10 Å². The normalized spacial score (nSPS) is 10.4. The number of halogens is 1. The number of hydrogen-bond acceptors (Lipinski definition) is 1. The molecule has 0 heterocycles. The summed E-state index contributed by atoms with van der Waals surface area (Å²) >= 11 is 5.76. The molecule has 12 heavy (non-hydrogen) atoms. The van der Waals surface area contributed by atoms with Crippen LogP contribution in [0.15, 0.2) is 18.2 Å². The summed E-state index contributed by atoms with van der Waals surface area (Å²) in [5, 5.41) is 0.691. The monoisotopic (exact) mass is 183 g/mol. The van der Waals surface area contributed by atoms with Gasteiger partial charge in [-0.2, -0.15) is 0 Å². The third-order valence-corrected chi connectivity index (χ3v) is 1.62. The van der Waals surface area contributed by atoms with Crippen LogP contribution in [0.3, 0.4) is 0 Å². The van der Waals surface area contributed by atoms with Crippen molar-refractivity contribution in [2.24, 2.45) is 0 Å². The van der Waals surface area contributed by atoms with E-state index in [1.165, 1.54) is 0 Å². The molecule has 0 fully saturated rings. The van der Waals surface area contributed by atoms with Crippen LogP contribution in [-0.4, -0.2) is 6.10 Å². The van der Waals surface area contributed by atoms with E-state index in [0.717, 1.165) is 11.3 Å².